The summed E-state index contributed by atoms with van der Waals surface area (Å²) in [5.41, 5.74) is 0. The molecule has 0 bridgehead atoms. The van der Waals surface area contributed by atoms with E-state index >= 15 is 0 Å². The molecule has 0 spiro atoms. The Hall–Kier alpha value is -0.420. The molecule has 0 amide bonds. The number of aliphatic hydroxyl groups is 1. The van der Waals surface area contributed by atoms with Crippen molar-refractivity contribution in [3.8, 4) is 0 Å². The van der Waals surface area contributed by atoms with E-state index in [-0.39, 0.29) is 18.8 Å². The molecule has 0 aromatic rings. The molecule has 1 aliphatic rings. The highest BCUT2D eigenvalue weighted by Gasteiger charge is 2.40. The molecule has 16 heavy (non-hydrogen) atoms. The van der Waals surface area contributed by atoms with Crippen molar-refractivity contribution >= 4 is 0 Å². The molecule has 0 aromatic carbocycles. The number of nitrogens with one attached hydrogen (secondary N) is 1. The maximum absolute atomic E-state index is 9.16. The average molecular weight is 229 g/mol. The second-order valence-electron chi connectivity index (χ2n) is 4.53. The summed E-state index contributed by atoms with van der Waals surface area (Å²) < 4.78 is 11.3. The van der Waals surface area contributed by atoms with Gasteiger partial charge < -0.3 is 19.9 Å². The zero-order valence-corrected chi connectivity index (χ0v) is 10.2. The third kappa shape index (κ3) is 4.22. The molecule has 0 aliphatic carbocycles. The van der Waals surface area contributed by atoms with E-state index in [0.717, 1.165) is 19.4 Å². The van der Waals surface area contributed by atoms with Gasteiger partial charge in [-0.2, -0.15) is 0 Å². The molecule has 0 saturated carbocycles. The molecule has 2 N–H and O–H groups in total. The second kappa shape index (κ2) is 6.35. The highest BCUT2D eigenvalue weighted by atomic mass is 16.8. The Morgan fingerprint density at radius 3 is 2.69 bits per heavy atom. The Morgan fingerprint density at radius 2 is 2.06 bits per heavy atom. The number of aliphatic hydroxyl groups excluding tert-OH is 1. The quantitative estimate of drug-likeness (QED) is 0.506. The first-order valence-electron chi connectivity index (χ1n) is 5.87. The zero-order valence-electron chi connectivity index (χ0n) is 10.2. The van der Waals surface area contributed by atoms with Gasteiger partial charge in [-0.1, -0.05) is 6.08 Å². The van der Waals surface area contributed by atoms with Gasteiger partial charge in [0.15, 0.2) is 5.79 Å². The van der Waals surface area contributed by atoms with Gasteiger partial charge in [-0.15, -0.1) is 6.58 Å². The van der Waals surface area contributed by atoms with E-state index in [4.69, 9.17) is 14.6 Å². The van der Waals surface area contributed by atoms with Crippen molar-refractivity contribution in [2.24, 2.45) is 0 Å². The van der Waals surface area contributed by atoms with Gasteiger partial charge in [-0.3, -0.25) is 0 Å². The summed E-state index contributed by atoms with van der Waals surface area (Å²) in [6.45, 7) is 9.06. The molecule has 0 radical (unpaired) electrons. The standard InChI is InChI=1S/C12H23NO3/c1-4-5-6-7-13-8-10-11(9-14)16-12(2,3)15-10/h4,10-11,13-14H,1,5-9H2,2-3H3/t10-,11-/m0/s1. The van der Waals surface area contributed by atoms with Crippen LogP contribution in [0, 0.1) is 0 Å². The fourth-order valence-electron chi connectivity index (χ4n) is 1.85. The molecular formula is C12H23NO3. The summed E-state index contributed by atoms with van der Waals surface area (Å²) in [6, 6.07) is 0. The lowest BCUT2D eigenvalue weighted by atomic mass is 10.2. The van der Waals surface area contributed by atoms with Crippen molar-refractivity contribution in [2.45, 2.75) is 44.7 Å². The molecule has 4 heteroatoms. The average Bonchev–Trinajstić information content (AvgIpc) is 2.53. The largest absolute Gasteiger partial charge is 0.394 e. The van der Waals surface area contributed by atoms with Crippen molar-refractivity contribution < 1.29 is 14.6 Å². The molecule has 1 heterocycles. The summed E-state index contributed by atoms with van der Waals surface area (Å²) in [6.07, 6.45) is 3.72. The van der Waals surface area contributed by atoms with Crippen molar-refractivity contribution in [2.75, 3.05) is 19.7 Å². The molecular weight excluding hydrogens is 206 g/mol. The molecule has 0 unspecified atom stereocenters. The lowest BCUT2D eigenvalue weighted by Gasteiger charge is -2.17. The van der Waals surface area contributed by atoms with E-state index in [1.807, 2.05) is 19.9 Å². The first-order chi connectivity index (χ1) is 7.59. The van der Waals surface area contributed by atoms with Crippen LogP contribution in [0.2, 0.25) is 0 Å². The van der Waals surface area contributed by atoms with E-state index in [2.05, 4.69) is 11.9 Å². The summed E-state index contributed by atoms with van der Waals surface area (Å²) >= 11 is 0. The summed E-state index contributed by atoms with van der Waals surface area (Å²) in [4.78, 5) is 0. The van der Waals surface area contributed by atoms with Gasteiger partial charge in [0.2, 0.25) is 0 Å². The Morgan fingerprint density at radius 1 is 1.38 bits per heavy atom. The lowest BCUT2D eigenvalue weighted by Crippen LogP contribution is -2.36. The van der Waals surface area contributed by atoms with Crippen molar-refractivity contribution in [1.29, 1.82) is 0 Å². The topological polar surface area (TPSA) is 50.7 Å². The predicted octanol–water partition coefficient (Wildman–Crippen LogP) is 1.05. The summed E-state index contributed by atoms with van der Waals surface area (Å²) in [7, 11) is 0. The number of rotatable bonds is 7. The van der Waals surface area contributed by atoms with Crippen LogP contribution < -0.4 is 5.32 Å². The normalized spacial score (nSPS) is 28.2. The highest BCUT2D eigenvalue weighted by Crippen LogP contribution is 2.27. The Labute approximate surface area is 97.6 Å². The minimum atomic E-state index is -0.582. The van der Waals surface area contributed by atoms with E-state index < -0.39 is 5.79 Å². The third-order valence-corrected chi connectivity index (χ3v) is 2.57. The molecule has 94 valence electrons. The van der Waals surface area contributed by atoms with Gasteiger partial charge in [0.25, 0.3) is 0 Å². The molecule has 4 nitrogen and oxygen atoms in total. The first-order valence-corrected chi connectivity index (χ1v) is 5.87. The predicted molar refractivity (Wildman–Crippen MR) is 63.2 cm³/mol. The van der Waals surface area contributed by atoms with Crippen molar-refractivity contribution in [1.82, 2.24) is 5.32 Å². The first kappa shape index (κ1) is 13.6. The van der Waals surface area contributed by atoms with Gasteiger partial charge in [0.1, 0.15) is 12.2 Å². The van der Waals surface area contributed by atoms with Crippen LogP contribution in [0.1, 0.15) is 26.7 Å². The molecule has 1 aliphatic heterocycles. The highest BCUT2D eigenvalue weighted by molar-refractivity contribution is 4.82. The number of unbranched alkanes of at least 4 members (excludes halogenated alkanes) is 1. The van der Waals surface area contributed by atoms with Crippen LogP contribution in [-0.4, -0.2) is 42.8 Å². The van der Waals surface area contributed by atoms with Gasteiger partial charge in [0, 0.05) is 6.54 Å². The fraction of sp³-hybridized carbons (Fsp3) is 0.833. The Balaban J connectivity index is 2.22. The van der Waals surface area contributed by atoms with Gasteiger partial charge in [-0.05, 0) is 33.2 Å². The Bertz CT molecular complexity index is 218. The number of allylic oxidation sites excluding steroid dienone is 1. The monoisotopic (exact) mass is 229 g/mol. The zero-order chi connectivity index (χ0) is 12.0. The SMILES string of the molecule is C=CCCCNC[C@@H]1OC(C)(C)O[C@H]1CO. The van der Waals surface area contributed by atoms with Crippen LogP contribution in [-0.2, 0) is 9.47 Å². The van der Waals surface area contributed by atoms with Crippen LogP contribution >= 0.6 is 0 Å². The van der Waals surface area contributed by atoms with Gasteiger partial charge >= 0.3 is 0 Å². The van der Waals surface area contributed by atoms with E-state index in [9.17, 15) is 0 Å². The molecule has 1 rings (SSSR count). The fourth-order valence-corrected chi connectivity index (χ4v) is 1.85. The van der Waals surface area contributed by atoms with Gasteiger partial charge in [0.05, 0.1) is 6.61 Å². The molecule has 2 atom stereocenters. The minimum Gasteiger partial charge on any atom is -0.394 e. The van der Waals surface area contributed by atoms with Crippen molar-refractivity contribution in [3.63, 3.8) is 0 Å². The minimum absolute atomic E-state index is 0.00242. The maximum atomic E-state index is 9.16. The second-order valence-corrected chi connectivity index (χ2v) is 4.53. The van der Waals surface area contributed by atoms with E-state index in [1.54, 1.807) is 0 Å². The van der Waals surface area contributed by atoms with Crippen LogP contribution in [0.5, 0.6) is 0 Å². The number of ether oxygens (including phenoxy) is 2. The summed E-state index contributed by atoms with van der Waals surface area (Å²) in [5.74, 6) is -0.582. The smallest absolute Gasteiger partial charge is 0.163 e. The molecule has 1 saturated heterocycles. The van der Waals surface area contributed by atoms with Crippen LogP contribution in [0.3, 0.4) is 0 Å². The van der Waals surface area contributed by atoms with Crippen LogP contribution in [0.4, 0.5) is 0 Å². The van der Waals surface area contributed by atoms with Crippen LogP contribution in [0.25, 0.3) is 0 Å². The molecule has 1 fully saturated rings. The molecule has 0 aromatic heterocycles. The lowest BCUT2D eigenvalue weighted by molar-refractivity contribution is -0.148. The number of hydrogen-bond acceptors (Lipinski definition) is 4. The third-order valence-electron chi connectivity index (χ3n) is 2.57. The maximum Gasteiger partial charge on any atom is 0.163 e. The van der Waals surface area contributed by atoms with E-state index in [1.165, 1.54) is 0 Å². The summed E-state index contributed by atoms with van der Waals surface area (Å²) in [5, 5.41) is 12.5. The Kier molecular flexibility index (Phi) is 5.41. The van der Waals surface area contributed by atoms with Crippen molar-refractivity contribution in [3.05, 3.63) is 12.7 Å². The van der Waals surface area contributed by atoms with Gasteiger partial charge in [-0.25, -0.2) is 0 Å². The van der Waals surface area contributed by atoms with E-state index in [0.29, 0.717) is 6.54 Å². The number of hydrogen-bond donors (Lipinski definition) is 2. The van der Waals surface area contributed by atoms with Crippen LogP contribution in [0.15, 0.2) is 12.7 Å².